The molecule has 82 valence electrons. The zero-order chi connectivity index (χ0) is 9.80. The topological polar surface area (TPSA) is 12.0 Å². The van der Waals surface area contributed by atoms with E-state index in [4.69, 9.17) is 11.6 Å². The van der Waals surface area contributed by atoms with E-state index in [1.54, 1.807) is 0 Å². The Morgan fingerprint density at radius 2 is 1.64 bits per heavy atom. The van der Waals surface area contributed by atoms with Crippen molar-refractivity contribution in [3.05, 3.63) is 0 Å². The first-order chi connectivity index (χ1) is 6.86. The zero-order valence-electron chi connectivity index (χ0n) is 8.97. The Kier molecular flexibility index (Phi) is 4.12. The molecular formula is C12H22ClN. The van der Waals surface area contributed by atoms with Gasteiger partial charge in [0.25, 0.3) is 0 Å². The van der Waals surface area contributed by atoms with Crippen LogP contribution in [0.2, 0.25) is 0 Å². The molecule has 0 radical (unpaired) electrons. The highest BCUT2D eigenvalue weighted by Gasteiger charge is 2.29. The first-order valence-electron chi connectivity index (χ1n) is 6.24. The summed E-state index contributed by atoms with van der Waals surface area (Å²) in [5.41, 5.74) is 0. The molecule has 14 heavy (non-hydrogen) atoms. The molecule has 0 aromatic heterocycles. The van der Waals surface area contributed by atoms with Crippen molar-refractivity contribution in [2.75, 3.05) is 6.54 Å². The Morgan fingerprint density at radius 1 is 1.00 bits per heavy atom. The lowest BCUT2D eigenvalue weighted by molar-refractivity contribution is 0.451. The number of halogens is 1. The normalized spacial score (nSPS) is 27.2. The van der Waals surface area contributed by atoms with Crippen LogP contribution in [0.15, 0.2) is 0 Å². The Bertz CT molecular complexity index is 160. The largest absolute Gasteiger partial charge is 0.313 e. The minimum Gasteiger partial charge on any atom is -0.313 e. The fourth-order valence-electron chi connectivity index (χ4n) is 2.39. The lowest BCUT2D eigenvalue weighted by atomic mass is 10.1. The van der Waals surface area contributed by atoms with Gasteiger partial charge in [-0.2, -0.15) is 0 Å². The third-order valence-corrected chi connectivity index (χ3v) is 4.10. The predicted octanol–water partition coefficient (Wildman–Crippen LogP) is 3.32. The number of nitrogens with one attached hydrogen (secondary N) is 1. The molecule has 1 nitrogen and oxygen atoms in total. The molecule has 2 fully saturated rings. The lowest BCUT2D eigenvalue weighted by Gasteiger charge is -2.18. The first-order valence-corrected chi connectivity index (χ1v) is 6.67. The highest BCUT2D eigenvalue weighted by molar-refractivity contribution is 6.21. The predicted molar refractivity (Wildman–Crippen MR) is 61.9 cm³/mol. The van der Waals surface area contributed by atoms with Crippen molar-refractivity contribution < 1.29 is 0 Å². The Labute approximate surface area is 92.6 Å². The molecule has 2 rings (SSSR count). The lowest BCUT2D eigenvalue weighted by Crippen LogP contribution is -2.34. The van der Waals surface area contributed by atoms with E-state index in [0.29, 0.717) is 5.38 Å². The molecule has 0 aromatic rings. The molecule has 0 saturated heterocycles. The van der Waals surface area contributed by atoms with E-state index in [2.05, 4.69) is 5.32 Å². The van der Waals surface area contributed by atoms with Gasteiger partial charge in [-0.1, -0.05) is 25.7 Å². The van der Waals surface area contributed by atoms with Gasteiger partial charge in [0.2, 0.25) is 0 Å². The van der Waals surface area contributed by atoms with Crippen molar-refractivity contribution in [1.29, 1.82) is 0 Å². The van der Waals surface area contributed by atoms with Crippen molar-refractivity contribution in [1.82, 2.24) is 5.32 Å². The van der Waals surface area contributed by atoms with Crippen LogP contribution < -0.4 is 5.32 Å². The van der Waals surface area contributed by atoms with E-state index < -0.39 is 0 Å². The molecule has 1 unspecified atom stereocenters. The van der Waals surface area contributed by atoms with Gasteiger partial charge in [0, 0.05) is 18.0 Å². The molecule has 1 N–H and O–H groups in total. The van der Waals surface area contributed by atoms with E-state index >= 15 is 0 Å². The van der Waals surface area contributed by atoms with Crippen LogP contribution in [-0.2, 0) is 0 Å². The van der Waals surface area contributed by atoms with Crippen LogP contribution in [0.1, 0.15) is 51.4 Å². The van der Waals surface area contributed by atoms with E-state index in [9.17, 15) is 0 Å². The number of rotatable bonds is 4. The maximum Gasteiger partial charge on any atom is 0.0488 e. The van der Waals surface area contributed by atoms with E-state index in [1.807, 2.05) is 0 Å². The quantitative estimate of drug-likeness (QED) is 0.561. The zero-order valence-corrected chi connectivity index (χ0v) is 9.73. The Morgan fingerprint density at radius 3 is 2.21 bits per heavy atom. The van der Waals surface area contributed by atoms with Crippen LogP contribution in [0.4, 0.5) is 0 Å². The number of alkyl halides is 1. The molecule has 2 aliphatic rings. The van der Waals surface area contributed by atoms with Crippen molar-refractivity contribution in [3.8, 4) is 0 Å². The highest BCUT2D eigenvalue weighted by Crippen LogP contribution is 2.35. The summed E-state index contributed by atoms with van der Waals surface area (Å²) in [6.07, 6.45) is 11.2. The molecule has 0 aliphatic heterocycles. The summed E-state index contributed by atoms with van der Waals surface area (Å²) in [5.74, 6) is 0.829. The van der Waals surface area contributed by atoms with Gasteiger partial charge in [0.1, 0.15) is 0 Å². The summed E-state index contributed by atoms with van der Waals surface area (Å²) in [4.78, 5) is 0. The van der Waals surface area contributed by atoms with E-state index in [1.165, 1.54) is 51.4 Å². The molecule has 0 bridgehead atoms. The van der Waals surface area contributed by atoms with Crippen molar-refractivity contribution in [3.63, 3.8) is 0 Å². The third-order valence-electron chi connectivity index (χ3n) is 3.59. The second kappa shape index (κ2) is 5.37. The molecule has 0 heterocycles. The summed E-state index contributed by atoms with van der Waals surface area (Å²) < 4.78 is 0. The summed E-state index contributed by atoms with van der Waals surface area (Å²) in [5, 5.41) is 4.05. The van der Waals surface area contributed by atoms with E-state index in [-0.39, 0.29) is 0 Å². The summed E-state index contributed by atoms with van der Waals surface area (Å²) in [6.45, 7) is 1.04. The van der Waals surface area contributed by atoms with Crippen LogP contribution in [0, 0.1) is 5.92 Å². The molecule has 0 spiro atoms. The molecule has 0 aromatic carbocycles. The number of hydrogen-bond donors (Lipinski definition) is 1. The maximum atomic E-state index is 6.28. The average Bonchev–Trinajstić information content (AvgIpc) is 3.01. The Hall–Kier alpha value is 0.250. The van der Waals surface area contributed by atoms with Gasteiger partial charge in [-0.3, -0.25) is 0 Å². The molecule has 2 saturated carbocycles. The van der Waals surface area contributed by atoms with Crippen molar-refractivity contribution in [2.45, 2.75) is 62.8 Å². The van der Waals surface area contributed by atoms with Crippen molar-refractivity contribution >= 4 is 11.6 Å². The standard InChI is InChI=1S/C12H22ClN/c13-12(10-7-8-10)9-14-11-5-3-1-2-4-6-11/h10-12,14H,1-9H2. The fraction of sp³-hybridized carbons (Fsp3) is 1.00. The minimum atomic E-state index is 0.401. The summed E-state index contributed by atoms with van der Waals surface area (Å²) in [6, 6.07) is 0.762. The van der Waals surface area contributed by atoms with E-state index in [0.717, 1.165) is 18.5 Å². The van der Waals surface area contributed by atoms with Crippen LogP contribution >= 0.6 is 11.6 Å². The molecule has 2 heteroatoms. The van der Waals surface area contributed by atoms with Gasteiger partial charge in [0.15, 0.2) is 0 Å². The average molecular weight is 216 g/mol. The minimum absolute atomic E-state index is 0.401. The smallest absolute Gasteiger partial charge is 0.0488 e. The van der Waals surface area contributed by atoms with Crippen molar-refractivity contribution in [2.24, 2.45) is 5.92 Å². The van der Waals surface area contributed by atoms with Gasteiger partial charge < -0.3 is 5.32 Å². The van der Waals surface area contributed by atoms with Crippen LogP contribution in [0.5, 0.6) is 0 Å². The Balaban J connectivity index is 1.62. The first kappa shape index (κ1) is 10.8. The van der Waals surface area contributed by atoms with Crippen LogP contribution in [0.3, 0.4) is 0 Å². The third kappa shape index (κ3) is 3.43. The summed E-state index contributed by atoms with van der Waals surface area (Å²) >= 11 is 6.28. The highest BCUT2D eigenvalue weighted by atomic mass is 35.5. The second-order valence-corrected chi connectivity index (χ2v) is 5.51. The van der Waals surface area contributed by atoms with Gasteiger partial charge in [0.05, 0.1) is 0 Å². The van der Waals surface area contributed by atoms with Gasteiger partial charge in [-0.15, -0.1) is 11.6 Å². The maximum absolute atomic E-state index is 6.28. The molecule has 1 atom stereocenters. The molecule has 2 aliphatic carbocycles. The fourth-order valence-corrected chi connectivity index (χ4v) is 2.73. The SMILES string of the molecule is ClC(CNC1CCCCCC1)C1CC1. The molecule has 0 amide bonds. The monoisotopic (exact) mass is 215 g/mol. The van der Waals surface area contributed by atoms with Crippen LogP contribution in [-0.4, -0.2) is 18.0 Å². The molecular weight excluding hydrogens is 194 g/mol. The van der Waals surface area contributed by atoms with Gasteiger partial charge in [-0.25, -0.2) is 0 Å². The summed E-state index contributed by atoms with van der Waals surface area (Å²) in [7, 11) is 0. The number of hydrogen-bond acceptors (Lipinski definition) is 1. The van der Waals surface area contributed by atoms with Gasteiger partial charge >= 0.3 is 0 Å². The van der Waals surface area contributed by atoms with Crippen LogP contribution in [0.25, 0.3) is 0 Å². The van der Waals surface area contributed by atoms with Gasteiger partial charge in [-0.05, 0) is 31.6 Å². The second-order valence-electron chi connectivity index (χ2n) is 4.95.